The minimum Gasteiger partial charge on any atom is -0.506 e. The van der Waals surface area contributed by atoms with Crippen LogP contribution in [0.25, 0.3) is 0 Å². The Morgan fingerprint density at radius 1 is 1.45 bits per heavy atom. The van der Waals surface area contributed by atoms with Gasteiger partial charge in [-0.1, -0.05) is 26.5 Å². The van der Waals surface area contributed by atoms with Gasteiger partial charge in [0.25, 0.3) is 0 Å². The number of hydrogen-bond donors (Lipinski definition) is 2. The van der Waals surface area contributed by atoms with E-state index in [0.717, 1.165) is 0 Å². The largest absolute Gasteiger partial charge is 0.506 e. The average molecular weight is 155 g/mol. The zero-order valence-corrected chi connectivity index (χ0v) is 7.46. The van der Waals surface area contributed by atoms with Crippen LogP contribution < -0.4 is 5.73 Å². The van der Waals surface area contributed by atoms with Crippen LogP contribution in [0, 0.1) is 0 Å². The Morgan fingerprint density at radius 2 is 1.91 bits per heavy atom. The van der Waals surface area contributed by atoms with Crippen molar-refractivity contribution in [3.05, 3.63) is 36.3 Å². The molecule has 0 radical (unpaired) electrons. The second-order valence-corrected chi connectivity index (χ2v) is 1.54. The fourth-order valence-corrected chi connectivity index (χ4v) is 0.359. The van der Waals surface area contributed by atoms with Gasteiger partial charge in [0.05, 0.1) is 5.70 Å². The Kier molecular flexibility index (Phi) is 10.0. The van der Waals surface area contributed by atoms with E-state index in [4.69, 9.17) is 10.8 Å². The Balaban J connectivity index is 0. The summed E-state index contributed by atoms with van der Waals surface area (Å²) in [4.78, 5) is 0. The molecule has 3 N–H and O–H groups in total. The van der Waals surface area contributed by atoms with Crippen molar-refractivity contribution in [2.24, 2.45) is 5.73 Å². The summed E-state index contributed by atoms with van der Waals surface area (Å²) in [5.41, 5.74) is 5.56. The van der Waals surface area contributed by atoms with Crippen LogP contribution in [-0.4, -0.2) is 5.11 Å². The topological polar surface area (TPSA) is 46.2 Å². The van der Waals surface area contributed by atoms with Gasteiger partial charge in [-0.15, -0.1) is 0 Å². The highest BCUT2D eigenvalue weighted by atomic mass is 16.3. The molecule has 0 fully saturated rings. The van der Waals surface area contributed by atoms with Gasteiger partial charge in [0.15, 0.2) is 0 Å². The Hall–Kier alpha value is -1.18. The summed E-state index contributed by atoms with van der Waals surface area (Å²) in [6, 6.07) is 0. The Morgan fingerprint density at radius 3 is 2.18 bits per heavy atom. The molecule has 0 aromatic carbocycles. The summed E-state index contributed by atoms with van der Waals surface area (Å²) < 4.78 is 0. The van der Waals surface area contributed by atoms with Crippen LogP contribution >= 0.6 is 0 Å². The van der Waals surface area contributed by atoms with Crippen molar-refractivity contribution in [1.82, 2.24) is 0 Å². The van der Waals surface area contributed by atoms with Crippen LogP contribution in [0.15, 0.2) is 36.3 Å². The molecule has 0 aliphatic heterocycles. The molecule has 0 bridgehead atoms. The molecule has 0 rings (SSSR count). The highest BCUT2D eigenvalue weighted by molar-refractivity contribution is 5.23. The standard InChI is InChI=1S/C7H11NO.C2H6/c1-3-5-7(9)6(8)4-2;1-2/h3-5,9H,2,8H2,1H3;1-2H3/b5-3-,7-6-;. The average Bonchev–Trinajstić information content (AvgIpc) is 2.07. The van der Waals surface area contributed by atoms with Gasteiger partial charge >= 0.3 is 0 Å². The maximum absolute atomic E-state index is 8.91. The quantitative estimate of drug-likeness (QED) is 0.475. The monoisotopic (exact) mass is 155 g/mol. The fraction of sp³-hybridized carbons (Fsp3) is 0.333. The predicted octanol–water partition coefficient (Wildman–Crippen LogP) is 2.50. The van der Waals surface area contributed by atoms with E-state index in [9.17, 15) is 0 Å². The minimum atomic E-state index is 0.0625. The molecule has 11 heavy (non-hydrogen) atoms. The van der Waals surface area contributed by atoms with E-state index in [-0.39, 0.29) is 5.76 Å². The summed E-state index contributed by atoms with van der Waals surface area (Å²) in [5.74, 6) is 0.0625. The molecule has 0 aromatic rings. The van der Waals surface area contributed by atoms with Gasteiger partial charge < -0.3 is 10.8 Å². The third-order valence-corrected chi connectivity index (χ3v) is 0.840. The lowest BCUT2D eigenvalue weighted by molar-refractivity contribution is 0.426. The van der Waals surface area contributed by atoms with Crippen LogP contribution in [-0.2, 0) is 0 Å². The third kappa shape index (κ3) is 6.71. The number of aliphatic hydroxyl groups is 1. The third-order valence-electron chi connectivity index (χ3n) is 0.840. The molecular formula is C9H17NO. The highest BCUT2D eigenvalue weighted by Crippen LogP contribution is 1.95. The summed E-state index contributed by atoms with van der Waals surface area (Å²) in [6.07, 6.45) is 4.61. The molecule has 0 aliphatic carbocycles. The van der Waals surface area contributed by atoms with Crippen molar-refractivity contribution in [2.75, 3.05) is 0 Å². The molecule has 0 amide bonds. The number of hydrogen-bond acceptors (Lipinski definition) is 2. The number of rotatable bonds is 2. The van der Waals surface area contributed by atoms with Crippen LogP contribution in [0.4, 0.5) is 0 Å². The smallest absolute Gasteiger partial charge is 0.138 e. The normalized spacial score (nSPS) is 11.5. The predicted molar refractivity (Wildman–Crippen MR) is 50.2 cm³/mol. The first-order valence-electron chi connectivity index (χ1n) is 3.66. The minimum absolute atomic E-state index is 0.0625. The Bertz CT molecular complexity index is 157. The zero-order valence-electron chi connectivity index (χ0n) is 7.46. The van der Waals surface area contributed by atoms with Crippen molar-refractivity contribution in [1.29, 1.82) is 0 Å². The van der Waals surface area contributed by atoms with E-state index in [1.54, 1.807) is 13.0 Å². The Labute approximate surface area is 68.7 Å². The lowest BCUT2D eigenvalue weighted by Gasteiger charge is -1.92. The van der Waals surface area contributed by atoms with Crippen molar-refractivity contribution in [3.63, 3.8) is 0 Å². The summed E-state index contributed by atoms with van der Waals surface area (Å²) in [7, 11) is 0. The van der Waals surface area contributed by atoms with Gasteiger partial charge in [-0.3, -0.25) is 0 Å². The molecule has 64 valence electrons. The first-order chi connectivity index (χ1) is 5.22. The number of allylic oxidation sites excluding steroid dienone is 3. The van der Waals surface area contributed by atoms with E-state index in [2.05, 4.69) is 6.58 Å². The van der Waals surface area contributed by atoms with Gasteiger partial charge in [0.1, 0.15) is 5.76 Å². The van der Waals surface area contributed by atoms with Crippen molar-refractivity contribution in [3.8, 4) is 0 Å². The van der Waals surface area contributed by atoms with Crippen LogP contribution in [0.1, 0.15) is 20.8 Å². The zero-order chi connectivity index (χ0) is 9.28. The fourth-order valence-electron chi connectivity index (χ4n) is 0.359. The summed E-state index contributed by atoms with van der Waals surface area (Å²) in [6.45, 7) is 9.19. The van der Waals surface area contributed by atoms with E-state index in [1.807, 2.05) is 13.8 Å². The van der Waals surface area contributed by atoms with Gasteiger partial charge in [-0.2, -0.15) is 0 Å². The lowest BCUT2D eigenvalue weighted by Crippen LogP contribution is -1.96. The van der Waals surface area contributed by atoms with Crippen molar-refractivity contribution >= 4 is 0 Å². The molecule has 0 atom stereocenters. The van der Waals surface area contributed by atoms with Gasteiger partial charge in [-0.25, -0.2) is 0 Å². The summed E-state index contributed by atoms with van der Waals surface area (Å²) >= 11 is 0. The van der Waals surface area contributed by atoms with Gasteiger partial charge in [-0.05, 0) is 19.1 Å². The number of aliphatic hydroxyl groups excluding tert-OH is 1. The van der Waals surface area contributed by atoms with E-state index >= 15 is 0 Å². The van der Waals surface area contributed by atoms with Crippen LogP contribution in [0.2, 0.25) is 0 Å². The first kappa shape index (κ1) is 12.5. The van der Waals surface area contributed by atoms with Gasteiger partial charge in [0, 0.05) is 0 Å². The van der Waals surface area contributed by atoms with E-state index < -0.39 is 0 Å². The van der Waals surface area contributed by atoms with Crippen LogP contribution in [0.3, 0.4) is 0 Å². The van der Waals surface area contributed by atoms with Gasteiger partial charge in [0.2, 0.25) is 0 Å². The lowest BCUT2D eigenvalue weighted by atomic mass is 10.3. The molecule has 2 nitrogen and oxygen atoms in total. The molecule has 0 aromatic heterocycles. The number of nitrogens with two attached hydrogens (primary N) is 1. The molecule has 2 heteroatoms. The highest BCUT2D eigenvalue weighted by Gasteiger charge is 1.87. The summed E-state index contributed by atoms with van der Waals surface area (Å²) in [5, 5.41) is 8.91. The maximum Gasteiger partial charge on any atom is 0.138 e. The second kappa shape index (κ2) is 8.82. The van der Waals surface area contributed by atoms with Crippen molar-refractivity contribution in [2.45, 2.75) is 20.8 Å². The molecule has 0 heterocycles. The van der Waals surface area contributed by atoms with Crippen molar-refractivity contribution < 1.29 is 5.11 Å². The molecule has 0 aliphatic rings. The van der Waals surface area contributed by atoms with Crippen LogP contribution in [0.5, 0.6) is 0 Å². The van der Waals surface area contributed by atoms with E-state index in [1.165, 1.54) is 12.2 Å². The molecular weight excluding hydrogens is 138 g/mol. The second-order valence-electron chi connectivity index (χ2n) is 1.54. The molecule has 0 saturated carbocycles. The molecule has 0 unspecified atom stereocenters. The maximum atomic E-state index is 8.91. The van der Waals surface area contributed by atoms with E-state index in [0.29, 0.717) is 5.70 Å². The molecule has 0 spiro atoms. The first-order valence-corrected chi connectivity index (χ1v) is 3.66. The SMILES string of the molecule is C=C/C(N)=C(O)\C=C/C.CC. The molecule has 0 saturated heterocycles.